The van der Waals surface area contributed by atoms with Crippen molar-refractivity contribution >= 4 is 23.2 Å². The average Bonchev–Trinajstić information content (AvgIpc) is 3.16. The van der Waals surface area contributed by atoms with E-state index in [4.69, 9.17) is 9.47 Å². The first-order chi connectivity index (χ1) is 13.5. The van der Waals surface area contributed by atoms with Crippen LogP contribution in [-0.4, -0.2) is 48.2 Å². The maximum absolute atomic E-state index is 12.8. The zero-order chi connectivity index (χ0) is 19.7. The van der Waals surface area contributed by atoms with Crippen molar-refractivity contribution in [2.45, 2.75) is 31.8 Å². The van der Waals surface area contributed by atoms with Crippen LogP contribution in [0.3, 0.4) is 0 Å². The molecular weight excluding hydrogens is 378 g/mol. The molecule has 1 amide bonds. The maximum Gasteiger partial charge on any atom is 0.345 e. The van der Waals surface area contributed by atoms with E-state index in [1.165, 1.54) is 11.3 Å². The Balaban J connectivity index is 1.48. The summed E-state index contributed by atoms with van der Waals surface area (Å²) >= 11 is 1.35. The van der Waals surface area contributed by atoms with Gasteiger partial charge in [0.1, 0.15) is 10.6 Å². The molecule has 0 unspecified atom stereocenters. The SMILES string of the molecule is CCOc1ccc(C(=O)N2CCC3(CC2)OCCc2sc(C(=O)O)cc23)cc1. The predicted molar refractivity (Wildman–Crippen MR) is 105 cm³/mol. The third kappa shape index (κ3) is 3.40. The Kier molecular flexibility index (Phi) is 5.12. The van der Waals surface area contributed by atoms with E-state index in [1.807, 2.05) is 24.0 Å². The van der Waals surface area contributed by atoms with Crippen LogP contribution < -0.4 is 4.74 Å². The summed E-state index contributed by atoms with van der Waals surface area (Å²) in [5, 5.41) is 9.32. The van der Waals surface area contributed by atoms with Gasteiger partial charge in [-0.25, -0.2) is 4.79 Å². The molecule has 3 heterocycles. The second-order valence-electron chi connectivity index (χ2n) is 7.09. The summed E-state index contributed by atoms with van der Waals surface area (Å²) in [5.74, 6) is -0.130. The lowest BCUT2D eigenvalue weighted by Crippen LogP contribution is -2.48. The molecule has 1 spiro atoms. The zero-order valence-corrected chi connectivity index (χ0v) is 16.6. The second kappa shape index (κ2) is 7.56. The summed E-state index contributed by atoms with van der Waals surface area (Å²) in [7, 11) is 0. The van der Waals surface area contributed by atoms with E-state index in [1.54, 1.807) is 18.2 Å². The summed E-state index contributed by atoms with van der Waals surface area (Å²) in [4.78, 5) is 27.5. The standard InChI is InChI=1S/C21H23NO5S/c1-2-26-15-5-3-14(4-6-15)19(23)22-10-8-21(9-11-22)16-13-18(20(24)25)28-17(16)7-12-27-21/h3-6,13H,2,7-12H2,1H3,(H,24,25). The topological polar surface area (TPSA) is 76.1 Å². The lowest BCUT2D eigenvalue weighted by atomic mass is 9.82. The lowest BCUT2D eigenvalue weighted by Gasteiger charge is -2.44. The van der Waals surface area contributed by atoms with Crippen LogP contribution in [0.25, 0.3) is 0 Å². The first-order valence-electron chi connectivity index (χ1n) is 9.55. The number of carbonyl (C=O) groups excluding carboxylic acids is 1. The molecule has 4 rings (SSSR count). The fourth-order valence-electron chi connectivity index (χ4n) is 4.05. The number of thiophene rings is 1. The van der Waals surface area contributed by atoms with Crippen molar-refractivity contribution in [2.75, 3.05) is 26.3 Å². The number of carboxylic acids is 1. The Morgan fingerprint density at radius 3 is 2.61 bits per heavy atom. The highest BCUT2D eigenvalue weighted by Crippen LogP contribution is 2.44. The molecule has 1 fully saturated rings. The molecule has 2 aliphatic heterocycles. The van der Waals surface area contributed by atoms with Crippen LogP contribution >= 0.6 is 11.3 Å². The van der Waals surface area contributed by atoms with Crippen molar-refractivity contribution in [2.24, 2.45) is 0 Å². The number of likely N-dealkylation sites (tertiary alicyclic amines) is 1. The van der Waals surface area contributed by atoms with Crippen LogP contribution in [0.15, 0.2) is 30.3 Å². The van der Waals surface area contributed by atoms with Gasteiger partial charge in [-0.3, -0.25) is 4.79 Å². The van der Waals surface area contributed by atoms with Gasteiger partial charge in [-0.15, -0.1) is 11.3 Å². The van der Waals surface area contributed by atoms with E-state index in [2.05, 4.69) is 0 Å². The first-order valence-corrected chi connectivity index (χ1v) is 10.4. The lowest BCUT2D eigenvalue weighted by molar-refractivity contribution is -0.0926. The quantitative estimate of drug-likeness (QED) is 0.848. The summed E-state index contributed by atoms with van der Waals surface area (Å²) in [6.07, 6.45) is 2.11. The Labute approximate surface area is 167 Å². The van der Waals surface area contributed by atoms with Crippen LogP contribution in [0, 0.1) is 0 Å². The molecule has 6 nitrogen and oxygen atoms in total. The van der Waals surface area contributed by atoms with Crippen molar-refractivity contribution in [1.82, 2.24) is 4.90 Å². The molecule has 28 heavy (non-hydrogen) atoms. The Hall–Kier alpha value is -2.38. The molecule has 0 radical (unpaired) electrons. The van der Waals surface area contributed by atoms with Gasteiger partial charge in [0.05, 0.1) is 18.8 Å². The monoisotopic (exact) mass is 401 g/mol. The summed E-state index contributed by atoms with van der Waals surface area (Å²) < 4.78 is 11.6. The third-order valence-electron chi connectivity index (χ3n) is 5.49. The fourth-order valence-corrected chi connectivity index (χ4v) is 5.12. The second-order valence-corrected chi connectivity index (χ2v) is 8.23. The van der Waals surface area contributed by atoms with Gasteiger partial charge in [0, 0.05) is 30.0 Å². The first kappa shape index (κ1) is 19.0. The number of benzene rings is 1. The number of ether oxygens (including phenoxy) is 2. The molecule has 1 aromatic heterocycles. The van der Waals surface area contributed by atoms with E-state index in [9.17, 15) is 14.7 Å². The smallest absolute Gasteiger partial charge is 0.345 e. The number of fused-ring (bicyclic) bond motifs is 2. The number of hydrogen-bond donors (Lipinski definition) is 1. The number of rotatable bonds is 4. The minimum Gasteiger partial charge on any atom is -0.494 e. The van der Waals surface area contributed by atoms with Gasteiger partial charge in [0.25, 0.3) is 5.91 Å². The molecule has 148 valence electrons. The number of carbonyl (C=O) groups is 2. The van der Waals surface area contributed by atoms with Crippen LogP contribution in [0.5, 0.6) is 5.75 Å². The van der Waals surface area contributed by atoms with Gasteiger partial charge < -0.3 is 19.5 Å². The molecule has 0 atom stereocenters. The highest BCUT2D eigenvalue weighted by Gasteiger charge is 2.43. The number of aromatic carboxylic acids is 1. The van der Waals surface area contributed by atoms with E-state index in [-0.39, 0.29) is 5.91 Å². The van der Waals surface area contributed by atoms with E-state index >= 15 is 0 Å². The van der Waals surface area contributed by atoms with Crippen LogP contribution in [-0.2, 0) is 16.8 Å². The largest absolute Gasteiger partial charge is 0.494 e. The van der Waals surface area contributed by atoms with Crippen molar-refractivity contribution < 1.29 is 24.2 Å². The summed E-state index contributed by atoms with van der Waals surface area (Å²) in [6, 6.07) is 9.00. The summed E-state index contributed by atoms with van der Waals surface area (Å²) in [5.41, 5.74) is 1.19. The van der Waals surface area contributed by atoms with Gasteiger partial charge in [0.15, 0.2) is 0 Å². The van der Waals surface area contributed by atoms with Gasteiger partial charge >= 0.3 is 5.97 Å². The van der Waals surface area contributed by atoms with Gasteiger partial charge in [-0.2, -0.15) is 0 Å². The summed E-state index contributed by atoms with van der Waals surface area (Å²) in [6.45, 7) is 4.29. The molecular formula is C21H23NO5S. The van der Waals surface area contributed by atoms with Crippen LogP contribution in [0.4, 0.5) is 0 Å². The van der Waals surface area contributed by atoms with Crippen molar-refractivity contribution in [1.29, 1.82) is 0 Å². The molecule has 1 aromatic carbocycles. The molecule has 1 saturated heterocycles. The predicted octanol–water partition coefficient (Wildman–Crippen LogP) is 3.55. The number of carboxylic acid groups (broad SMARTS) is 1. The minimum atomic E-state index is -0.891. The van der Waals surface area contributed by atoms with E-state index < -0.39 is 11.6 Å². The fraction of sp³-hybridized carbons (Fsp3) is 0.429. The molecule has 2 aliphatic rings. The van der Waals surface area contributed by atoms with Crippen LogP contribution in [0.2, 0.25) is 0 Å². The van der Waals surface area contributed by atoms with Crippen molar-refractivity contribution in [3.63, 3.8) is 0 Å². The third-order valence-corrected chi connectivity index (χ3v) is 6.67. The number of hydrogen-bond acceptors (Lipinski definition) is 5. The van der Waals surface area contributed by atoms with Gasteiger partial charge in [-0.05, 0) is 55.7 Å². The molecule has 0 bridgehead atoms. The number of amides is 1. The van der Waals surface area contributed by atoms with E-state index in [0.29, 0.717) is 49.6 Å². The highest BCUT2D eigenvalue weighted by molar-refractivity contribution is 7.14. The maximum atomic E-state index is 12.8. The molecule has 7 heteroatoms. The van der Waals surface area contributed by atoms with Gasteiger partial charge in [-0.1, -0.05) is 0 Å². The minimum absolute atomic E-state index is 0.00507. The highest BCUT2D eigenvalue weighted by atomic mass is 32.1. The van der Waals surface area contributed by atoms with E-state index in [0.717, 1.165) is 22.6 Å². The molecule has 0 saturated carbocycles. The Bertz CT molecular complexity index is 881. The normalized spacial score (nSPS) is 18.0. The molecule has 2 aromatic rings. The van der Waals surface area contributed by atoms with Crippen LogP contribution in [0.1, 0.15) is 50.2 Å². The Morgan fingerprint density at radius 2 is 1.96 bits per heavy atom. The Morgan fingerprint density at radius 1 is 1.25 bits per heavy atom. The number of piperidine rings is 1. The zero-order valence-electron chi connectivity index (χ0n) is 15.8. The van der Waals surface area contributed by atoms with Gasteiger partial charge in [0.2, 0.25) is 0 Å². The van der Waals surface area contributed by atoms with Crippen molar-refractivity contribution in [3.05, 3.63) is 51.2 Å². The molecule has 0 aliphatic carbocycles. The molecule has 1 N–H and O–H groups in total. The van der Waals surface area contributed by atoms with Crippen molar-refractivity contribution in [3.8, 4) is 5.75 Å². The number of nitrogens with zero attached hydrogens (tertiary/aromatic N) is 1. The average molecular weight is 401 g/mol.